The van der Waals surface area contributed by atoms with Crippen LogP contribution in [0.25, 0.3) is 0 Å². The Morgan fingerprint density at radius 3 is 2.50 bits per heavy atom. The molecule has 128 valence electrons. The number of rotatable bonds is 3. The zero-order valence-corrected chi connectivity index (χ0v) is 15.1. The minimum atomic E-state index is -0.308. The molecule has 0 radical (unpaired) electrons. The Balaban J connectivity index is 2.00. The molecule has 1 aromatic rings. The molecule has 2 rings (SSSR count). The molecule has 1 aliphatic carbocycles. The number of allylic oxidation sites excluding steroid dienone is 1. The summed E-state index contributed by atoms with van der Waals surface area (Å²) in [5.41, 5.74) is 6.84. The average Bonchev–Trinajstić information content (AvgIpc) is 2.99. The third-order valence-electron chi connectivity index (χ3n) is 3.59. The van der Waals surface area contributed by atoms with Crippen LogP contribution in [0.2, 0.25) is 5.02 Å². The molecule has 1 saturated carbocycles. The van der Waals surface area contributed by atoms with Crippen LogP contribution in [0.5, 0.6) is 0 Å². The molecule has 1 aliphatic rings. The first-order valence-electron chi connectivity index (χ1n) is 7.83. The van der Waals surface area contributed by atoms with Gasteiger partial charge in [-0.1, -0.05) is 24.4 Å². The van der Waals surface area contributed by atoms with Crippen LogP contribution in [0.3, 0.4) is 0 Å². The normalized spacial score (nSPS) is 16.1. The maximum Gasteiger partial charge on any atom is 0.257 e. The van der Waals surface area contributed by atoms with Gasteiger partial charge < -0.3 is 11.1 Å². The third kappa shape index (κ3) is 5.94. The second-order valence-electron chi connectivity index (χ2n) is 5.76. The van der Waals surface area contributed by atoms with E-state index in [0.717, 1.165) is 12.8 Å². The van der Waals surface area contributed by atoms with Gasteiger partial charge in [0.05, 0.1) is 6.04 Å². The number of amides is 1. The lowest BCUT2D eigenvalue weighted by molar-refractivity contribution is 0.0977. The van der Waals surface area contributed by atoms with E-state index in [2.05, 4.69) is 15.6 Å². The third-order valence-corrected chi connectivity index (χ3v) is 4.04. The number of halogens is 1. The minimum Gasteiger partial charge on any atom is -0.402 e. The highest BCUT2D eigenvalue weighted by Crippen LogP contribution is 2.21. The number of nitrogens with zero attached hydrogens (tertiary/aromatic N) is 1. The molecule has 1 aromatic carbocycles. The minimum absolute atomic E-state index is 0.184. The average molecular weight is 365 g/mol. The van der Waals surface area contributed by atoms with Crippen molar-refractivity contribution >= 4 is 40.7 Å². The Bertz CT molecular complexity index is 660. The molecule has 7 heteroatoms. The van der Waals surface area contributed by atoms with Crippen LogP contribution < -0.4 is 16.4 Å². The predicted molar refractivity (Wildman–Crippen MR) is 102 cm³/mol. The molecule has 0 aromatic heterocycles. The second-order valence-corrected chi connectivity index (χ2v) is 6.60. The predicted octanol–water partition coefficient (Wildman–Crippen LogP) is 3.15. The highest BCUT2D eigenvalue weighted by molar-refractivity contribution is 7.80. The highest BCUT2D eigenvalue weighted by atomic mass is 35.5. The first-order valence-corrected chi connectivity index (χ1v) is 8.62. The Hall–Kier alpha value is -1.92. The monoisotopic (exact) mass is 364 g/mol. The Morgan fingerprint density at radius 2 is 1.92 bits per heavy atom. The fraction of sp³-hybridized carbons (Fsp3) is 0.353. The van der Waals surface area contributed by atoms with E-state index in [-0.39, 0.29) is 17.1 Å². The van der Waals surface area contributed by atoms with Gasteiger partial charge in [-0.15, -0.1) is 0 Å². The van der Waals surface area contributed by atoms with Gasteiger partial charge in [-0.2, -0.15) is 0 Å². The lowest BCUT2D eigenvalue weighted by Crippen LogP contribution is -2.42. The number of thiocarbonyl (C=S) groups is 1. The number of hydrogen-bond donors (Lipinski definition) is 3. The van der Waals surface area contributed by atoms with Crippen LogP contribution >= 0.6 is 23.8 Å². The van der Waals surface area contributed by atoms with Crippen molar-refractivity contribution in [3.8, 4) is 0 Å². The highest BCUT2D eigenvalue weighted by Gasteiger charge is 2.15. The lowest BCUT2D eigenvalue weighted by atomic mass is 10.2. The summed E-state index contributed by atoms with van der Waals surface area (Å²) in [5, 5.41) is 6.34. The number of benzene rings is 1. The van der Waals surface area contributed by atoms with Gasteiger partial charge in [0.25, 0.3) is 5.91 Å². The molecule has 4 N–H and O–H groups in total. The molecule has 1 fully saturated rings. The first-order chi connectivity index (χ1) is 11.4. The van der Waals surface area contributed by atoms with Crippen LogP contribution in [-0.2, 0) is 0 Å². The molecular weight excluding hydrogens is 344 g/mol. The molecule has 0 heterocycles. The lowest BCUT2D eigenvalue weighted by Gasteiger charge is -2.12. The summed E-state index contributed by atoms with van der Waals surface area (Å²) in [4.78, 5) is 16.8. The fourth-order valence-corrected chi connectivity index (χ4v) is 2.80. The van der Waals surface area contributed by atoms with Crippen LogP contribution in [0.15, 0.2) is 41.0 Å². The Kier molecular flexibility index (Phi) is 6.75. The zero-order valence-electron chi connectivity index (χ0n) is 13.5. The maximum absolute atomic E-state index is 12.2. The van der Waals surface area contributed by atoms with E-state index < -0.39 is 0 Å². The van der Waals surface area contributed by atoms with E-state index in [9.17, 15) is 4.79 Å². The summed E-state index contributed by atoms with van der Waals surface area (Å²) in [7, 11) is 0. The number of carbonyl (C=O) groups excluding carboxylic acids is 1. The summed E-state index contributed by atoms with van der Waals surface area (Å²) >= 11 is 11.0. The van der Waals surface area contributed by atoms with Crippen LogP contribution in [-0.4, -0.2) is 22.9 Å². The summed E-state index contributed by atoms with van der Waals surface area (Å²) in [5.74, 6) is 0.265. The van der Waals surface area contributed by atoms with Gasteiger partial charge >= 0.3 is 0 Å². The number of hydrogen-bond acceptors (Lipinski definition) is 4. The van der Waals surface area contributed by atoms with Gasteiger partial charge in [0.1, 0.15) is 5.84 Å². The number of nitrogens with two attached hydrogens (primary N) is 1. The fourth-order valence-electron chi connectivity index (χ4n) is 2.48. The summed E-state index contributed by atoms with van der Waals surface area (Å²) in [6.07, 6.45) is 6.22. The van der Waals surface area contributed by atoms with Crippen LogP contribution in [0, 0.1) is 0 Å². The van der Waals surface area contributed by atoms with Crippen molar-refractivity contribution < 1.29 is 4.79 Å². The quantitative estimate of drug-likeness (QED) is 0.437. The molecule has 0 aliphatic heterocycles. The molecular formula is C17H21ClN4OS. The van der Waals surface area contributed by atoms with E-state index in [1.807, 2.05) is 0 Å². The smallest absolute Gasteiger partial charge is 0.257 e. The van der Waals surface area contributed by atoms with Crippen molar-refractivity contribution in [1.82, 2.24) is 10.6 Å². The van der Waals surface area contributed by atoms with Crippen LogP contribution in [0.1, 0.15) is 43.0 Å². The second kappa shape index (κ2) is 8.80. The van der Waals surface area contributed by atoms with Crippen molar-refractivity contribution in [1.29, 1.82) is 0 Å². The Labute approximate surface area is 152 Å². The van der Waals surface area contributed by atoms with E-state index in [0.29, 0.717) is 22.1 Å². The molecule has 1 amide bonds. The van der Waals surface area contributed by atoms with Crippen LogP contribution in [0.4, 0.5) is 0 Å². The molecule has 0 saturated heterocycles. The van der Waals surface area contributed by atoms with Crippen molar-refractivity contribution in [2.24, 2.45) is 10.7 Å². The van der Waals surface area contributed by atoms with E-state index >= 15 is 0 Å². The summed E-state index contributed by atoms with van der Waals surface area (Å²) in [6, 6.07) is 6.86. The summed E-state index contributed by atoms with van der Waals surface area (Å²) in [6.45, 7) is 1.78. The molecule has 0 atom stereocenters. The van der Waals surface area contributed by atoms with Gasteiger partial charge in [0, 0.05) is 16.3 Å². The molecule has 24 heavy (non-hydrogen) atoms. The van der Waals surface area contributed by atoms with Crippen molar-refractivity contribution in [3.05, 3.63) is 46.6 Å². The van der Waals surface area contributed by atoms with Gasteiger partial charge in [0.2, 0.25) is 0 Å². The SMILES string of the molecule is CC(N)=CC(=NC1CCCC1)NC(=S)NC(=O)c1ccc(Cl)cc1. The largest absolute Gasteiger partial charge is 0.402 e. The molecule has 0 unspecified atom stereocenters. The standard InChI is InChI=1S/C17H21ClN4OS/c1-11(19)10-15(20-14-4-2-3-5-14)21-17(24)22-16(23)12-6-8-13(18)9-7-12/h6-10,14H,2-5,19H2,1H3,(H2,20,21,22,23,24). The zero-order chi connectivity index (χ0) is 17.5. The van der Waals surface area contributed by atoms with Crippen molar-refractivity contribution in [2.75, 3.05) is 0 Å². The first kappa shape index (κ1) is 18.4. The number of nitrogens with one attached hydrogen (secondary N) is 2. The topological polar surface area (TPSA) is 79.5 Å². The van der Waals surface area contributed by atoms with Crippen molar-refractivity contribution in [2.45, 2.75) is 38.6 Å². The van der Waals surface area contributed by atoms with Gasteiger partial charge in [-0.25, -0.2) is 0 Å². The van der Waals surface area contributed by atoms with E-state index in [1.54, 1.807) is 37.3 Å². The molecule has 0 spiro atoms. The van der Waals surface area contributed by atoms with Gasteiger partial charge in [-0.3, -0.25) is 15.1 Å². The Morgan fingerprint density at radius 1 is 1.29 bits per heavy atom. The van der Waals surface area contributed by atoms with Gasteiger partial charge in [0.15, 0.2) is 5.11 Å². The summed E-state index contributed by atoms with van der Waals surface area (Å²) < 4.78 is 0. The number of carbonyl (C=O) groups is 1. The molecule has 5 nitrogen and oxygen atoms in total. The van der Waals surface area contributed by atoms with E-state index in [4.69, 9.17) is 29.6 Å². The maximum atomic E-state index is 12.2. The molecule has 0 bridgehead atoms. The van der Waals surface area contributed by atoms with E-state index in [1.165, 1.54) is 12.8 Å². The van der Waals surface area contributed by atoms with Crippen molar-refractivity contribution in [3.63, 3.8) is 0 Å². The van der Waals surface area contributed by atoms with Gasteiger partial charge in [-0.05, 0) is 62.3 Å². The number of aliphatic imine (C=N–C) groups is 1. The number of amidine groups is 1.